The molecule has 0 saturated carbocycles. The van der Waals surface area contributed by atoms with Crippen molar-refractivity contribution in [3.8, 4) is 0 Å². The first-order valence-corrected chi connectivity index (χ1v) is 12.0. The van der Waals surface area contributed by atoms with Gasteiger partial charge in [-0.15, -0.1) is 0 Å². The van der Waals surface area contributed by atoms with Crippen molar-refractivity contribution in [1.29, 1.82) is 0 Å². The number of carbonyl (C=O) groups is 3. The van der Waals surface area contributed by atoms with Crippen LogP contribution in [0.25, 0.3) is 10.8 Å². The summed E-state index contributed by atoms with van der Waals surface area (Å²) in [4.78, 5) is 41.0. The molecule has 0 radical (unpaired) electrons. The van der Waals surface area contributed by atoms with Crippen molar-refractivity contribution in [2.45, 2.75) is 35.9 Å². The van der Waals surface area contributed by atoms with E-state index in [2.05, 4.69) is 21.2 Å². The van der Waals surface area contributed by atoms with E-state index in [0.717, 1.165) is 10.8 Å². The summed E-state index contributed by atoms with van der Waals surface area (Å²) in [5, 5.41) is 14.6. The second kappa shape index (κ2) is 8.38. The van der Waals surface area contributed by atoms with Crippen molar-refractivity contribution in [3.63, 3.8) is 0 Å². The van der Waals surface area contributed by atoms with Crippen molar-refractivity contribution in [3.05, 3.63) is 42.5 Å². The van der Waals surface area contributed by atoms with Crippen LogP contribution in [0, 0.1) is 11.8 Å². The van der Waals surface area contributed by atoms with Gasteiger partial charge in [0.05, 0.1) is 31.2 Å². The largest absolute Gasteiger partial charge is 0.466 e. The van der Waals surface area contributed by atoms with E-state index in [9.17, 15) is 19.5 Å². The summed E-state index contributed by atoms with van der Waals surface area (Å²) in [6, 6.07) is 12.4. The van der Waals surface area contributed by atoms with Crippen LogP contribution in [0.15, 0.2) is 42.5 Å². The van der Waals surface area contributed by atoms with Gasteiger partial charge in [0, 0.05) is 17.1 Å². The molecule has 2 amide bonds. The number of carbonyl (C=O) groups excluding carboxylic acids is 3. The minimum absolute atomic E-state index is 0.0244. The predicted octanol–water partition coefficient (Wildman–Crippen LogP) is 2.08. The molecular formula is C24H25BrN2O6. The molecule has 5 rings (SSSR count). The maximum atomic E-state index is 13.6. The Morgan fingerprint density at radius 1 is 1.27 bits per heavy atom. The number of likely N-dealkylation sites (tertiary alicyclic amines) is 1. The summed E-state index contributed by atoms with van der Waals surface area (Å²) in [5.74, 6) is -2.88. The first-order chi connectivity index (χ1) is 15.9. The van der Waals surface area contributed by atoms with Crippen LogP contribution in [0.1, 0.15) is 13.3 Å². The van der Waals surface area contributed by atoms with Gasteiger partial charge < -0.3 is 24.8 Å². The maximum Gasteiger partial charge on any atom is 0.312 e. The number of amides is 2. The van der Waals surface area contributed by atoms with Crippen LogP contribution in [0.4, 0.5) is 5.69 Å². The minimum Gasteiger partial charge on any atom is -0.466 e. The third kappa shape index (κ3) is 3.36. The second-order valence-corrected chi connectivity index (χ2v) is 9.90. The van der Waals surface area contributed by atoms with Crippen LogP contribution in [0.2, 0.25) is 0 Å². The Hall–Kier alpha value is -2.49. The number of hydrogen-bond acceptors (Lipinski definition) is 6. The number of rotatable bonds is 6. The Labute approximate surface area is 199 Å². The van der Waals surface area contributed by atoms with Gasteiger partial charge in [-0.05, 0) is 36.2 Å². The zero-order valence-corrected chi connectivity index (χ0v) is 19.7. The van der Waals surface area contributed by atoms with E-state index in [1.165, 1.54) is 4.90 Å². The molecule has 2 N–H and O–H groups in total. The lowest BCUT2D eigenvalue weighted by molar-refractivity contribution is -0.154. The smallest absolute Gasteiger partial charge is 0.312 e. The van der Waals surface area contributed by atoms with Crippen LogP contribution in [-0.2, 0) is 23.9 Å². The number of alkyl halides is 1. The quantitative estimate of drug-likeness (QED) is 0.449. The summed E-state index contributed by atoms with van der Waals surface area (Å²) in [7, 11) is 0. The fourth-order valence-electron chi connectivity index (χ4n) is 5.76. The molecule has 2 aromatic rings. The highest BCUT2D eigenvalue weighted by Gasteiger charge is 2.76. The molecule has 3 saturated heterocycles. The zero-order chi connectivity index (χ0) is 23.3. The van der Waals surface area contributed by atoms with E-state index in [1.807, 2.05) is 42.5 Å². The fraction of sp³-hybridized carbons (Fsp3) is 0.458. The molecule has 0 aromatic heterocycles. The number of β-amino-alcohol motifs (C(OH)–C–C–N with tert-alkyl or cyclic N) is 1. The Morgan fingerprint density at radius 2 is 2.03 bits per heavy atom. The van der Waals surface area contributed by atoms with Crippen molar-refractivity contribution in [2.75, 3.05) is 25.1 Å². The lowest BCUT2D eigenvalue weighted by Gasteiger charge is -2.33. The molecule has 8 nitrogen and oxygen atoms in total. The highest BCUT2D eigenvalue weighted by Crippen LogP contribution is 2.60. The molecular weight excluding hydrogens is 492 g/mol. The number of ether oxygens (including phenoxy) is 2. The molecule has 2 aromatic carbocycles. The average molecular weight is 517 g/mol. The highest BCUT2D eigenvalue weighted by molar-refractivity contribution is 9.09. The monoisotopic (exact) mass is 516 g/mol. The molecule has 0 aliphatic carbocycles. The molecule has 3 aliphatic heterocycles. The van der Waals surface area contributed by atoms with Crippen molar-refractivity contribution in [2.24, 2.45) is 11.8 Å². The average Bonchev–Trinajstić information content (AvgIpc) is 3.38. The zero-order valence-electron chi connectivity index (χ0n) is 18.1. The number of anilines is 1. The minimum atomic E-state index is -1.16. The third-order valence-electron chi connectivity index (χ3n) is 6.95. The molecule has 9 heteroatoms. The van der Waals surface area contributed by atoms with Gasteiger partial charge in [0.15, 0.2) is 0 Å². The van der Waals surface area contributed by atoms with Gasteiger partial charge in [-0.25, -0.2) is 0 Å². The van der Waals surface area contributed by atoms with E-state index < -0.39 is 41.5 Å². The van der Waals surface area contributed by atoms with Crippen LogP contribution in [-0.4, -0.2) is 70.1 Å². The summed E-state index contributed by atoms with van der Waals surface area (Å²) in [6.07, 6.45) is -0.146. The number of benzene rings is 2. The number of fused-ring (bicyclic) bond motifs is 2. The van der Waals surface area contributed by atoms with Crippen LogP contribution in [0.5, 0.6) is 0 Å². The Kier molecular flexibility index (Phi) is 5.66. The number of esters is 1. The molecule has 2 bridgehead atoms. The van der Waals surface area contributed by atoms with Crippen molar-refractivity contribution < 1.29 is 29.0 Å². The van der Waals surface area contributed by atoms with Crippen LogP contribution in [0.3, 0.4) is 0 Å². The van der Waals surface area contributed by atoms with Gasteiger partial charge in [-0.2, -0.15) is 0 Å². The Morgan fingerprint density at radius 3 is 2.76 bits per heavy atom. The standard InChI is InChI=1S/C24H25BrN2O6/c1-2-32-23(31)17-18-22(30)27(9-10-28)20(24(18)12-16(25)19(17)33-24)21(29)26-15-8-7-13-5-3-4-6-14(13)11-15/h3-8,11,16-20,28H,2,9-10,12H2,1H3,(H,26,29)/t16?,17-,18+,19-,20-,24+/m1/s1. The maximum absolute atomic E-state index is 13.6. The first-order valence-electron chi connectivity index (χ1n) is 11.1. The van der Waals surface area contributed by atoms with E-state index in [1.54, 1.807) is 6.92 Å². The fourth-order valence-corrected chi connectivity index (χ4v) is 6.71. The van der Waals surface area contributed by atoms with Gasteiger partial charge >= 0.3 is 5.97 Å². The SMILES string of the molecule is CCOC(=O)[C@H]1[C@@H]2O[C@@]3(CC2Br)[C@@H]1C(=O)N(CCO)[C@@H]3C(=O)Nc1ccc2ccccc2c1. The molecule has 3 heterocycles. The number of hydrogen-bond donors (Lipinski definition) is 2. The number of aliphatic hydroxyl groups excluding tert-OH is 1. The highest BCUT2D eigenvalue weighted by atomic mass is 79.9. The number of halogens is 1. The summed E-state index contributed by atoms with van der Waals surface area (Å²) < 4.78 is 11.6. The molecule has 1 spiro atoms. The molecule has 3 fully saturated rings. The van der Waals surface area contributed by atoms with Gasteiger partial charge in [0.2, 0.25) is 11.8 Å². The lowest BCUT2D eigenvalue weighted by Crippen LogP contribution is -2.54. The van der Waals surface area contributed by atoms with E-state index in [4.69, 9.17) is 9.47 Å². The van der Waals surface area contributed by atoms with Gasteiger partial charge in [0.25, 0.3) is 0 Å². The first kappa shape index (κ1) is 22.3. The Balaban J connectivity index is 1.50. The van der Waals surface area contributed by atoms with Crippen LogP contribution >= 0.6 is 15.9 Å². The normalized spacial score (nSPS) is 32.3. The Bertz CT molecular complexity index is 1130. The lowest BCUT2D eigenvalue weighted by atomic mass is 9.70. The van der Waals surface area contributed by atoms with E-state index in [0.29, 0.717) is 12.1 Å². The summed E-state index contributed by atoms with van der Waals surface area (Å²) in [6.45, 7) is 1.57. The third-order valence-corrected chi connectivity index (χ3v) is 7.80. The molecule has 174 valence electrons. The van der Waals surface area contributed by atoms with Gasteiger partial charge in [-0.1, -0.05) is 46.3 Å². The number of aliphatic hydroxyl groups is 1. The topological polar surface area (TPSA) is 105 Å². The molecule has 33 heavy (non-hydrogen) atoms. The van der Waals surface area contributed by atoms with Crippen molar-refractivity contribution in [1.82, 2.24) is 4.90 Å². The number of nitrogens with one attached hydrogen (secondary N) is 1. The predicted molar refractivity (Wildman–Crippen MR) is 124 cm³/mol. The molecule has 3 aliphatic rings. The van der Waals surface area contributed by atoms with E-state index >= 15 is 0 Å². The van der Waals surface area contributed by atoms with Gasteiger partial charge in [0.1, 0.15) is 11.6 Å². The van der Waals surface area contributed by atoms with Gasteiger partial charge in [-0.3, -0.25) is 14.4 Å². The summed E-state index contributed by atoms with van der Waals surface area (Å²) in [5.41, 5.74) is -0.566. The molecule has 6 atom stereocenters. The van der Waals surface area contributed by atoms with Crippen molar-refractivity contribution >= 4 is 50.2 Å². The van der Waals surface area contributed by atoms with Crippen LogP contribution < -0.4 is 5.32 Å². The molecule has 1 unspecified atom stereocenters. The summed E-state index contributed by atoms with van der Waals surface area (Å²) >= 11 is 3.59. The van der Waals surface area contributed by atoms with E-state index in [-0.39, 0.29) is 30.5 Å². The second-order valence-electron chi connectivity index (χ2n) is 8.72. The number of nitrogens with zero attached hydrogens (tertiary/aromatic N) is 1.